The van der Waals surface area contributed by atoms with E-state index in [-0.39, 0.29) is 17.3 Å². The Labute approximate surface area is 170 Å². The van der Waals surface area contributed by atoms with Gasteiger partial charge in [-0.2, -0.15) is 4.68 Å². The highest BCUT2D eigenvalue weighted by molar-refractivity contribution is 5.95. The lowest BCUT2D eigenvalue weighted by Gasteiger charge is -2.17. The number of hydrogen-bond acceptors (Lipinski definition) is 4. The van der Waals surface area contributed by atoms with Crippen LogP contribution < -0.4 is 15.6 Å². The molecule has 6 nitrogen and oxygen atoms in total. The van der Waals surface area contributed by atoms with E-state index in [1.54, 1.807) is 6.92 Å². The maximum atomic E-state index is 12.6. The summed E-state index contributed by atoms with van der Waals surface area (Å²) >= 11 is 0. The number of nitrogens with zero attached hydrogens (tertiary/aromatic N) is 2. The first-order chi connectivity index (χ1) is 13.8. The molecule has 150 valence electrons. The molecule has 0 radical (unpaired) electrons. The van der Waals surface area contributed by atoms with Gasteiger partial charge in [0.2, 0.25) is 5.88 Å². The summed E-state index contributed by atoms with van der Waals surface area (Å²) in [6.45, 7) is 9.51. The summed E-state index contributed by atoms with van der Waals surface area (Å²) in [5.74, 6) is -0.0832. The van der Waals surface area contributed by atoms with Crippen molar-refractivity contribution in [2.45, 2.75) is 40.7 Å². The molecule has 0 fully saturated rings. The van der Waals surface area contributed by atoms with Crippen molar-refractivity contribution in [2.75, 3.05) is 5.32 Å². The molecular formula is C23H25N3O3. The molecule has 1 aromatic heterocycles. The third kappa shape index (κ3) is 4.54. The quantitative estimate of drug-likeness (QED) is 0.716. The number of carbonyl (C=O) groups is 1. The monoisotopic (exact) mass is 391 g/mol. The van der Waals surface area contributed by atoms with Crippen LogP contribution in [0.1, 0.15) is 29.2 Å². The number of rotatable bonds is 5. The van der Waals surface area contributed by atoms with E-state index in [4.69, 9.17) is 4.74 Å². The largest absolute Gasteiger partial charge is 0.463 e. The summed E-state index contributed by atoms with van der Waals surface area (Å²) < 4.78 is 6.99. The average molecular weight is 391 g/mol. The molecule has 1 amide bonds. The van der Waals surface area contributed by atoms with E-state index in [9.17, 15) is 9.59 Å². The molecular weight excluding hydrogens is 366 g/mol. The van der Waals surface area contributed by atoms with Crippen molar-refractivity contribution >= 4 is 11.6 Å². The third-order valence-electron chi connectivity index (χ3n) is 4.91. The second-order valence-corrected chi connectivity index (χ2v) is 7.21. The molecule has 0 aliphatic rings. The van der Waals surface area contributed by atoms with E-state index in [1.807, 2.05) is 64.1 Å². The van der Waals surface area contributed by atoms with Gasteiger partial charge in [-0.3, -0.25) is 9.59 Å². The van der Waals surface area contributed by atoms with Crippen LogP contribution in [0, 0.1) is 27.7 Å². The zero-order valence-electron chi connectivity index (χ0n) is 17.3. The minimum Gasteiger partial charge on any atom is -0.463 e. The average Bonchev–Trinajstić information content (AvgIpc) is 2.68. The number of aromatic nitrogens is 2. The summed E-state index contributed by atoms with van der Waals surface area (Å²) in [5, 5.41) is 7.19. The van der Waals surface area contributed by atoms with Crippen molar-refractivity contribution < 1.29 is 9.53 Å². The summed E-state index contributed by atoms with van der Waals surface area (Å²) in [6, 6.07) is 14.3. The topological polar surface area (TPSA) is 73.2 Å². The molecule has 0 bridgehead atoms. The van der Waals surface area contributed by atoms with E-state index in [0.717, 1.165) is 27.9 Å². The van der Waals surface area contributed by atoms with Crippen molar-refractivity contribution in [3.8, 4) is 11.6 Å². The maximum absolute atomic E-state index is 12.6. The highest BCUT2D eigenvalue weighted by Crippen LogP contribution is 2.20. The molecule has 0 saturated carbocycles. The summed E-state index contributed by atoms with van der Waals surface area (Å²) in [5.41, 5.74) is 5.30. The number of anilines is 1. The number of ether oxygens (including phenoxy) is 1. The number of nitrogens with one attached hydrogen (secondary N) is 1. The molecule has 0 spiro atoms. The summed E-state index contributed by atoms with van der Waals surface area (Å²) in [4.78, 5) is 24.9. The summed E-state index contributed by atoms with van der Waals surface area (Å²) in [6.07, 6.45) is -0.785. The highest BCUT2D eigenvalue weighted by Gasteiger charge is 2.18. The Morgan fingerprint density at radius 3 is 2.31 bits per heavy atom. The predicted molar refractivity (Wildman–Crippen MR) is 114 cm³/mol. The molecule has 6 heteroatoms. The van der Waals surface area contributed by atoms with Crippen LogP contribution in [0.15, 0.2) is 53.3 Å². The number of para-hydroxylation sites is 1. The number of amides is 1. The normalized spacial score (nSPS) is 11.8. The van der Waals surface area contributed by atoms with E-state index >= 15 is 0 Å². The second kappa shape index (κ2) is 8.31. The Kier molecular flexibility index (Phi) is 5.82. The number of benzene rings is 2. The van der Waals surface area contributed by atoms with Crippen LogP contribution in [-0.2, 0) is 4.79 Å². The lowest BCUT2D eigenvalue weighted by Crippen LogP contribution is -2.32. The van der Waals surface area contributed by atoms with Crippen molar-refractivity contribution in [2.24, 2.45) is 0 Å². The van der Waals surface area contributed by atoms with Gasteiger partial charge in [0.05, 0.1) is 5.69 Å². The fourth-order valence-corrected chi connectivity index (χ4v) is 2.97. The van der Waals surface area contributed by atoms with Crippen molar-refractivity contribution in [1.82, 2.24) is 9.78 Å². The van der Waals surface area contributed by atoms with Gasteiger partial charge in [-0.1, -0.05) is 24.3 Å². The van der Waals surface area contributed by atoms with Crippen LogP contribution in [0.5, 0.6) is 5.88 Å². The fourth-order valence-electron chi connectivity index (χ4n) is 2.97. The molecule has 1 heterocycles. The predicted octanol–water partition coefficient (Wildman–Crippen LogP) is 3.87. The zero-order chi connectivity index (χ0) is 21.1. The molecule has 0 aliphatic heterocycles. The number of hydrogen-bond donors (Lipinski definition) is 1. The van der Waals surface area contributed by atoms with Crippen molar-refractivity contribution in [3.63, 3.8) is 0 Å². The van der Waals surface area contributed by atoms with Crippen LogP contribution in [0.4, 0.5) is 5.69 Å². The Bertz CT molecular complexity index is 1100. The van der Waals surface area contributed by atoms with Gasteiger partial charge in [-0.15, -0.1) is 5.10 Å². The maximum Gasteiger partial charge on any atom is 0.271 e. The van der Waals surface area contributed by atoms with Gasteiger partial charge in [0.15, 0.2) is 6.10 Å². The summed E-state index contributed by atoms with van der Waals surface area (Å²) in [7, 11) is 0. The first-order valence-electron chi connectivity index (χ1n) is 9.48. The lowest BCUT2D eigenvalue weighted by molar-refractivity contribution is -0.122. The SMILES string of the molecule is Cc1ccc(-n2nc(O[C@H](C)C(=O)Nc3c(C)cccc3C)ccc2=O)cc1C. The molecule has 1 atom stereocenters. The van der Waals surface area contributed by atoms with Gasteiger partial charge in [-0.05, 0) is 69.0 Å². The first-order valence-corrected chi connectivity index (χ1v) is 9.48. The molecule has 2 aromatic carbocycles. The Hall–Kier alpha value is -3.41. The number of carbonyl (C=O) groups excluding carboxylic acids is 1. The third-order valence-corrected chi connectivity index (χ3v) is 4.91. The van der Waals surface area contributed by atoms with Crippen LogP contribution in [0.2, 0.25) is 0 Å². The van der Waals surface area contributed by atoms with Gasteiger partial charge in [0.25, 0.3) is 11.5 Å². The first kappa shape index (κ1) is 20.3. The van der Waals surface area contributed by atoms with Crippen molar-refractivity contribution in [1.29, 1.82) is 0 Å². The van der Waals surface area contributed by atoms with Gasteiger partial charge < -0.3 is 10.1 Å². The Morgan fingerprint density at radius 1 is 0.966 bits per heavy atom. The highest BCUT2D eigenvalue weighted by atomic mass is 16.5. The lowest BCUT2D eigenvalue weighted by atomic mass is 10.1. The van der Waals surface area contributed by atoms with Crippen LogP contribution >= 0.6 is 0 Å². The minimum absolute atomic E-state index is 0.201. The minimum atomic E-state index is -0.785. The molecule has 3 aromatic rings. The number of aryl methyl sites for hydroxylation is 4. The smallest absolute Gasteiger partial charge is 0.271 e. The fraction of sp³-hybridized carbons (Fsp3) is 0.261. The van der Waals surface area contributed by atoms with E-state index in [1.165, 1.54) is 16.8 Å². The molecule has 29 heavy (non-hydrogen) atoms. The molecule has 0 aliphatic carbocycles. The Balaban J connectivity index is 1.80. The van der Waals surface area contributed by atoms with Crippen LogP contribution in [0.3, 0.4) is 0 Å². The van der Waals surface area contributed by atoms with Crippen LogP contribution in [0.25, 0.3) is 5.69 Å². The molecule has 1 N–H and O–H groups in total. The van der Waals surface area contributed by atoms with E-state index < -0.39 is 6.10 Å². The molecule has 0 saturated heterocycles. The van der Waals surface area contributed by atoms with Crippen LogP contribution in [-0.4, -0.2) is 21.8 Å². The molecule has 0 unspecified atom stereocenters. The van der Waals surface area contributed by atoms with Gasteiger partial charge in [0, 0.05) is 17.8 Å². The van der Waals surface area contributed by atoms with E-state index in [2.05, 4.69) is 10.4 Å². The van der Waals surface area contributed by atoms with Crippen molar-refractivity contribution in [3.05, 3.63) is 81.1 Å². The van der Waals surface area contributed by atoms with Gasteiger partial charge in [-0.25, -0.2) is 0 Å². The second-order valence-electron chi connectivity index (χ2n) is 7.21. The van der Waals surface area contributed by atoms with E-state index in [0.29, 0.717) is 5.69 Å². The standard InChI is InChI=1S/C23H25N3O3/c1-14-9-10-19(13-17(14)4)26-21(27)12-11-20(25-26)29-18(5)23(28)24-22-15(2)7-6-8-16(22)3/h6-13,18H,1-5H3,(H,24,28)/t18-/m1/s1. The molecule has 3 rings (SSSR count). The van der Waals surface area contributed by atoms with Gasteiger partial charge >= 0.3 is 0 Å². The zero-order valence-corrected chi connectivity index (χ0v) is 17.3. The Morgan fingerprint density at radius 2 is 1.66 bits per heavy atom. The van der Waals surface area contributed by atoms with Gasteiger partial charge in [0.1, 0.15) is 0 Å².